The van der Waals surface area contributed by atoms with Crippen LogP contribution >= 0.6 is 0 Å². The van der Waals surface area contributed by atoms with E-state index in [0.29, 0.717) is 5.92 Å². The zero-order valence-electron chi connectivity index (χ0n) is 25.1. The third-order valence-corrected chi connectivity index (χ3v) is 7.60. The van der Waals surface area contributed by atoms with Crippen molar-refractivity contribution in [2.24, 2.45) is 0 Å². The van der Waals surface area contributed by atoms with Crippen molar-refractivity contribution in [3.05, 3.63) is 169 Å². The van der Waals surface area contributed by atoms with Crippen LogP contribution in [0.3, 0.4) is 0 Å². The maximum Gasteiger partial charge on any atom is 0.0163 e. The minimum atomic E-state index is -0.0479. The van der Waals surface area contributed by atoms with E-state index in [4.69, 9.17) is 0 Å². The molecule has 2 heterocycles. The Morgan fingerprint density at radius 3 is 1.86 bits per heavy atom. The number of benzene rings is 4. The van der Waals surface area contributed by atoms with Gasteiger partial charge < -0.3 is 9.97 Å². The summed E-state index contributed by atoms with van der Waals surface area (Å²) in [6.45, 7) is 8.89. The van der Waals surface area contributed by atoms with Crippen LogP contribution in [0.5, 0.6) is 0 Å². The molecule has 43 heavy (non-hydrogen) atoms. The Morgan fingerprint density at radius 1 is 0.558 bits per heavy atom. The first-order chi connectivity index (χ1) is 20.4. The van der Waals surface area contributed by atoms with Gasteiger partial charge in [-0.15, -0.1) is 71.3 Å². The fraction of sp³-hybridized carbons (Fsp3) is 0.150. The number of pyridine rings is 2. The third-order valence-electron chi connectivity index (χ3n) is 7.60. The van der Waals surface area contributed by atoms with Crippen molar-refractivity contribution in [1.82, 2.24) is 9.97 Å². The molecule has 0 aliphatic rings. The summed E-state index contributed by atoms with van der Waals surface area (Å²) < 4.78 is 0. The van der Waals surface area contributed by atoms with Crippen molar-refractivity contribution >= 4 is 0 Å². The minimum Gasteiger partial charge on any atom is -0.305 e. The molecule has 6 aromatic rings. The first-order valence-corrected chi connectivity index (χ1v) is 14.4. The van der Waals surface area contributed by atoms with Gasteiger partial charge in [-0.2, -0.15) is 0 Å². The second-order valence-electron chi connectivity index (χ2n) is 11.2. The standard InChI is InChI=1S/2C20H18N.Ir/c1-20(2,17-11-7-4-8-12-17)18-13-14-21-19(15-18)16-9-5-3-6-10-16;1-15(2)17-11-12-21-20(14-17)19-10-6-9-18(13-19)16-7-4-3-5-8-16;/h2*3-9,11-15H,1-2H3;/q2*-1;. The predicted molar refractivity (Wildman–Crippen MR) is 175 cm³/mol. The molecule has 217 valence electrons. The summed E-state index contributed by atoms with van der Waals surface area (Å²) in [5.74, 6) is 0.504. The maximum absolute atomic E-state index is 4.50. The molecule has 1 radical (unpaired) electrons. The van der Waals surface area contributed by atoms with Gasteiger partial charge in [-0.05, 0) is 46.1 Å². The Labute approximate surface area is 270 Å². The summed E-state index contributed by atoms with van der Waals surface area (Å²) in [6.07, 6.45) is 3.77. The molecule has 0 aliphatic carbocycles. The SMILES string of the molecule is CC(C)(c1ccccc1)c1ccnc(-c2[c-]cccc2)c1.CC(C)c1ccnc(-c2[c-]ccc(-c3ccccc3)c2)c1.[Ir]. The fourth-order valence-corrected chi connectivity index (χ4v) is 4.92. The molecule has 0 atom stereocenters. The largest absolute Gasteiger partial charge is 0.305 e. The number of hydrogen-bond acceptors (Lipinski definition) is 2. The van der Waals surface area contributed by atoms with E-state index in [2.05, 4.69) is 141 Å². The topological polar surface area (TPSA) is 25.8 Å². The van der Waals surface area contributed by atoms with Crippen molar-refractivity contribution < 1.29 is 20.1 Å². The van der Waals surface area contributed by atoms with E-state index in [1.807, 2.05) is 48.8 Å². The van der Waals surface area contributed by atoms with Crippen molar-refractivity contribution in [3.63, 3.8) is 0 Å². The van der Waals surface area contributed by atoms with Crippen LogP contribution in [0.25, 0.3) is 33.6 Å². The van der Waals surface area contributed by atoms with Crippen LogP contribution in [0.15, 0.2) is 140 Å². The normalized spacial score (nSPS) is 10.8. The van der Waals surface area contributed by atoms with E-state index < -0.39 is 0 Å². The molecule has 6 rings (SSSR count). The molecule has 3 heteroatoms. The zero-order valence-corrected chi connectivity index (χ0v) is 27.5. The molecule has 0 aliphatic heterocycles. The smallest absolute Gasteiger partial charge is 0.0163 e. The van der Waals surface area contributed by atoms with Gasteiger partial charge >= 0.3 is 0 Å². The van der Waals surface area contributed by atoms with E-state index in [9.17, 15) is 0 Å². The van der Waals surface area contributed by atoms with Gasteiger partial charge in [0.05, 0.1) is 0 Å². The number of rotatable bonds is 6. The number of aromatic nitrogens is 2. The Morgan fingerprint density at radius 2 is 1.19 bits per heavy atom. The molecule has 2 aromatic heterocycles. The minimum absolute atomic E-state index is 0. The van der Waals surface area contributed by atoms with E-state index in [0.717, 1.165) is 22.5 Å². The average Bonchev–Trinajstić information content (AvgIpc) is 3.06. The fourth-order valence-electron chi connectivity index (χ4n) is 4.92. The molecule has 0 N–H and O–H groups in total. The molecule has 0 fully saturated rings. The second-order valence-corrected chi connectivity index (χ2v) is 11.2. The molecule has 0 saturated heterocycles. The Hall–Kier alpha value is -4.17. The number of hydrogen-bond donors (Lipinski definition) is 0. The van der Waals surface area contributed by atoms with Gasteiger partial charge in [0.15, 0.2) is 0 Å². The van der Waals surface area contributed by atoms with Crippen LogP contribution in [-0.4, -0.2) is 9.97 Å². The Kier molecular flexibility index (Phi) is 11.0. The second kappa shape index (κ2) is 14.8. The first-order valence-electron chi connectivity index (χ1n) is 14.4. The summed E-state index contributed by atoms with van der Waals surface area (Å²) in [7, 11) is 0. The summed E-state index contributed by atoms with van der Waals surface area (Å²) in [5.41, 5.74) is 10.3. The summed E-state index contributed by atoms with van der Waals surface area (Å²) >= 11 is 0. The van der Waals surface area contributed by atoms with E-state index in [-0.39, 0.29) is 25.5 Å². The molecule has 0 spiro atoms. The molecule has 0 saturated carbocycles. The van der Waals surface area contributed by atoms with E-state index in [1.165, 1.54) is 27.8 Å². The maximum atomic E-state index is 4.50. The van der Waals surface area contributed by atoms with Crippen LogP contribution in [0.2, 0.25) is 0 Å². The van der Waals surface area contributed by atoms with Crippen molar-refractivity contribution in [1.29, 1.82) is 0 Å². The molecule has 0 bridgehead atoms. The summed E-state index contributed by atoms with van der Waals surface area (Å²) in [5, 5.41) is 0. The van der Waals surface area contributed by atoms with Gasteiger partial charge in [0.2, 0.25) is 0 Å². The third kappa shape index (κ3) is 8.02. The van der Waals surface area contributed by atoms with Gasteiger partial charge in [-0.3, -0.25) is 0 Å². The first kappa shape index (κ1) is 31.8. The summed E-state index contributed by atoms with van der Waals surface area (Å²) in [6, 6.07) is 50.2. The van der Waals surface area contributed by atoms with Gasteiger partial charge in [0, 0.05) is 37.9 Å². The molecular weight excluding hydrogens is 701 g/mol. The van der Waals surface area contributed by atoms with Gasteiger partial charge in [0.1, 0.15) is 0 Å². The van der Waals surface area contributed by atoms with Gasteiger partial charge in [0.25, 0.3) is 0 Å². The van der Waals surface area contributed by atoms with Crippen LogP contribution in [-0.2, 0) is 25.5 Å². The van der Waals surface area contributed by atoms with Gasteiger partial charge in [-0.1, -0.05) is 106 Å². The molecule has 2 nitrogen and oxygen atoms in total. The average molecular weight is 737 g/mol. The van der Waals surface area contributed by atoms with Crippen LogP contribution in [0.4, 0.5) is 0 Å². The van der Waals surface area contributed by atoms with Crippen LogP contribution in [0.1, 0.15) is 50.3 Å². The zero-order chi connectivity index (χ0) is 29.4. The van der Waals surface area contributed by atoms with Crippen LogP contribution < -0.4 is 0 Å². The molecular formula is C40H36IrN2-2. The molecule has 4 aromatic carbocycles. The molecule has 0 unspecified atom stereocenters. The van der Waals surface area contributed by atoms with Crippen molar-refractivity contribution in [2.75, 3.05) is 0 Å². The monoisotopic (exact) mass is 737 g/mol. The van der Waals surface area contributed by atoms with E-state index in [1.54, 1.807) is 0 Å². The Bertz CT molecular complexity index is 1710. The van der Waals surface area contributed by atoms with Crippen LogP contribution in [0, 0.1) is 12.1 Å². The van der Waals surface area contributed by atoms with Crippen molar-refractivity contribution in [3.8, 4) is 33.6 Å². The predicted octanol–water partition coefficient (Wildman–Crippen LogP) is 10.2. The quantitative estimate of drug-likeness (QED) is 0.159. The number of nitrogens with zero attached hydrogens (tertiary/aromatic N) is 2. The van der Waals surface area contributed by atoms with E-state index >= 15 is 0 Å². The molecule has 0 amide bonds. The summed E-state index contributed by atoms with van der Waals surface area (Å²) in [4.78, 5) is 8.98. The van der Waals surface area contributed by atoms with Crippen molar-refractivity contribution in [2.45, 2.75) is 39.0 Å². The van der Waals surface area contributed by atoms with Gasteiger partial charge in [-0.25, -0.2) is 0 Å². The Balaban J connectivity index is 0.000000192.